The van der Waals surface area contributed by atoms with Gasteiger partial charge in [0, 0.05) is 0 Å². The third-order valence-electron chi connectivity index (χ3n) is 2.15. The standard InChI is InChI=1S/C7H13BrF2O/c1-4-5(2)6(3,11)7(8,9)10/h5,11H,4H2,1-3H3. The molecular weight excluding hydrogens is 218 g/mol. The van der Waals surface area contributed by atoms with E-state index >= 15 is 0 Å². The summed E-state index contributed by atoms with van der Waals surface area (Å²) in [6.45, 7) is 4.49. The second-order valence-corrected chi connectivity index (χ2v) is 3.95. The molecule has 68 valence electrons. The molecule has 2 unspecified atom stereocenters. The van der Waals surface area contributed by atoms with Crippen molar-refractivity contribution >= 4 is 15.9 Å². The van der Waals surface area contributed by atoms with E-state index in [0.717, 1.165) is 6.92 Å². The van der Waals surface area contributed by atoms with Gasteiger partial charge in [0.15, 0.2) is 0 Å². The van der Waals surface area contributed by atoms with E-state index in [-0.39, 0.29) is 0 Å². The first-order valence-corrected chi connectivity index (χ1v) is 4.31. The summed E-state index contributed by atoms with van der Waals surface area (Å²) in [5, 5.41) is 9.32. The van der Waals surface area contributed by atoms with Gasteiger partial charge in [0.2, 0.25) is 0 Å². The van der Waals surface area contributed by atoms with Crippen molar-refractivity contribution in [3.63, 3.8) is 0 Å². The molecule has 0 aromatic rings. The molecule has 0 aliphatic rings. The van der Waals surface area contributed by atoms with Crippen molar-refractivity contribution in [3.05, 3.63) is 0 Å². The zero-order valence-corrected chi connectivity index (χ0v) is 8.45. The normalized spacial score (nSPS) is 21.0. The first kappa shape index (κ1) is 11.3. The second-order valence-electron chi connectivity index (χ2n) is 2.95. The van der Waals surface area contributed by atoms with E-state index < -0.39 is 16.4 Å². The maximum absolute atomic E-state index is 12.6. The first-order valence-electron chi connectivity index (χ1n) is 3.52. The molecule has 2 atom stereocenters. The van der Waals surface area contributed by atoms with Crippen molar-refractivity contribution < 1.29 is 13.9 Å². The Balaban J connectivity index is 4.45. The van der Waals surface area contributed by atoms with E-state index in [0.29, 0.717) is 6.42 Å². The quantitative estimate of drug-likeness (QED) is 0.740. The Kier molecular flexibility index (Phi) is 3.44. The molecule has 0 rings (SSSR count). The minimum atomic E-state index is -3.21. The smallest absolute Gasteiger partial charge is 0.329 e. The molecule has 0 aliphatic carbocycles. The lowest BCUT2D eigenvalue weighted by Crippen LogP contribution is -2.46. The van der Waals surface area contributed by atoms with E-state index in [2.05, 4.69) is 15.9 Å². The molecule has 0 radical (unpaired) electrons. The fourth-order valence-corrected chi connectivity index (χ4v) is 1.07. The number of aliphatic hydroxyl groups is 1. The van der Waals surface area contributed by atoms with Crippen LogP contribution in [0.1, 0.15) is 27.2 Å². The van der Waals surface area contributed by atoms with Gasteiger partial charge in [-0.2, -0.15) is 8.78 Å². The van der Waals surface area contributed by atoms with Gasteiger partial charge in [-0.25, -0.2) is 0 Å². The molecule has 0 saturated heterocycles. The average Bonchev–Trinajstić information content (AvgIpc) is 1.83. The number of hydrogen-bond donors (Lipinski definition) is 1. The topological polar surface area (TPSA) is 20.2 Å². The van der Waals surface area contributed by atoms with Crippen molar-refractivity contribution in [2.24, 2.45) is 5.92 Å². The molecule has 0 bridgehead atoms. The van der Waals surface area contributed by atoms with Gasteiger partial charge in [-0.15, -0.1) is 0 Å². The van der Waals surface area contributed by atoms with Crippen LogP contribution in [0.5, 0.6) is 0 Å². The molecule has 0 aromatic heterocycles. The Labute approximate surface area is 73.9 Å². The van der Waals surface area contributed by atoms with Crippen molar-refractivity contribution in [2.75, 3.05) is 0 Å². The summed E-state index contributed by atoms with van der Waals surface area (Å²) >= 11 is 2.16. The molecule has 0 aliphatic heterocycles. The molecule has 0 spiro atoms. The summed E-state index contributed by atoms with van der Waals surface area (Å²) in [5.41, 5.74) is -1.97. The molecule has 0 amide bonds. The zero-order chi connectivity index (χ0) is 9.28. The maximum atomic E-state index is 12.6. The van der Waals surface area contributed by atoms with Gasteiger partial charge in [-0.1, -0.05) is 20.3 Å². The van der Waals surface area contributed by atoms with Crippen LogP contribution in [-0.4, -0.2) is 15.5 Å². The SMILES string of the molecule is CCC(C)C(C)(O)C(F)(F)Br. The van der Waals surface area contributed by atoms with E-state index in [1.165, 1.54) is 0 Å². The third kappa shape index (κ3) is 2.37. The average molecular weight is 231 g/mol. The van der Waals surface area contributed by atoms with Crippen molar-refractivity contribution in [1.82, 2.24) is 0 Å². The predicted octanol–water partition coefficient (Wildman–Crippen LogP) is 2.77. The van der Waals surface area contributed by atoms with E-state index in [1.807, 2.05) is 0 Å². The minimum absolute atomic E-state index is 0.433. The van der Waals surface area contributed by atoms with Crippen molar-refractivity contribution in [1.29, 1.82) is 0 Å². The number of hydrogen-bond acceptors (Lipinski definition) is 1. The van der Waals surface area contributed by atoms with Crippen LogP contribution >= 0.6 is 15.9 Å². The van der Waals surface area contributed by atoms with E-state index in [4.69, 9.17) is 0 Å². The molecule has 1 N–H and O–H groups in total. The summed E-state index contributed by atoms with van der Waals surface area (Å²) in [6.07, 6.45) is 0.522. The highest BCUT2D eigenvalue weighted by Crippen LogP contribution is 2.40. The fourth-order valence-electron chi connectivity index (χ4n) is 0.677. The fraction of sp³-hybridized carbons (Fsp3) is 1.00. The lowest BCUT2D eigenvalue weighted by Gasteiger charge is -2.33. The lowest BCUT2D eigenvalue weighted by atomic mass is 9.89. The first-order chi connectivity index (χ1) is 4.73. The van der Waals surface area contributed by atoms with Crippen molar-refractivity contribution in [3.8, 4) is 0 Å². The second kappa shape index (κ2) is 3.35. The van der Waals surface area contributed by atoms with Gasteiger partial charge < -0.3 is 5.11 Å². The highest BCUT2D eigenvalue weighted by Gasteiger charge is 2.49. The van der Waals surface area contributed by atoms with Crippen LogP contribution in [0.3, 0.4) is 0 Å². The Morgan fingerprint density at radius 2 is 1.91 bits per heavy atom. The zero-order valence-electron chi connectivity index (χ0n) is 6.87. The van der Waals surface area contributed by atoms with Gasteiger partial charge in [-0.05, 0) is 28.8 Å². The lowest BCUT2D eigenvalue weighted by molar-refractivity contribution is -0.134. The summed E-state index contributed by atoms with van der Waals surface area (Å²) < 4.78 is 25.2. The third-order valence-corrected chi connectivity index (χ3v) is 2.95. The predicted molar refractivity (Wildman–Crippen MR) is 44.0 cm³/mol. The van der Waals surface area contributed by atoms with Crippen LogP contribution in [-0.2, 0) is 0 Å². The Bertz CT molecular complexity index is 131. The van der Waals surface area contributed by atoms with Gasteiger partial charge in [-0.3, -0.25) is 0 Å². The van der Waals surface area contributed by atoms with Gasteiger partial charge in [0.25, 0.3) is 0 Å². The van der Waals surface area contributed by atoms with Crippen molar-refractivity contribution in [2.45, 2.75) is 37.6 Å². The summed E-state index contributed by atoms with van der Waals surface area (Å²) in [4.78, 5) is -3.21. The minimum Gasteiger partial charge on any atom is -0.383 e. The molecule has 0 heterocycles. The van der Waals surface area contributed by atoms with Crippen LogP contribution in [0.4, 0.5) is 8.78 Å². The van der Waals surface area contributed by atoms with Gasteiger partial charge in [0.1, 0.15) is 5.60 Å². The molecule has 1 nitrogen and oxygen atoms in total. The largest absolute Gasteiger partial charge is 0.383 e. The van der Waals surface area contributed by atoms with Gasteiger partial charge >= 0.3 is 4.83 Å². The maximum Gasteiger partial charge on any atom is 0.329 e. The number of rotatable bonds is 3. The highest BCUT2D eigenvalue weighted by atomic mass is 79.9. The monoisotopic (exact) mass is 230 g/mol. The number of alkyl halides is 3. The Morgan fingerprint density at radius 1 is 1.55 bits per heavy atom. The summed E-state index contributed by atoms with van der Waals surface area (Å²) in [7, 11) is 0. The van der Waals surface area contributed by atoms with Crippen LogP contribution in [0.2, 0.25) is 0 Å². The van der Waals surface area contributed by atoms with Gasteiger partial charge in [0.05, 0.1) is 0 Å². The summed E-state index contributed by atoms with van der Waals surface area (Å²) in [6, 6.07) is 0. The molecule has 11 heavy (non-hydrogen) atoms. The van der Waals surface area contributed by atoms with Crippen LogP contribution in [0.15, 0.2) is 0 Å². The molecule has 4 heteroatoms. The highest BCUT2D eigenvalue weighted by molar-refractivity contribution is 9.10. The van der Waals surface area contributed by atoms with Crippen LogP contribution in [0, 0.1) is 5.92 Å². The Hall–Kier alpha value is 0.300. The van der Waals surface area contributed by atoms with E-state index in [1.54, 1.807) is 13.8 Å². The Morgan fingerprint density at radius 3 is 2.00 bits per heavy atom. The molecule has 0 saturated carbocycles. The van der Waals surface area contributed by atoms with Crippen LogP contribution in [0.25, 0.3) is 0 Å². The summed E-state index contributed by atoms with van der Waals surface area (Å²) in [5.74, 6) is -0.433. The molecular formula is C7H13BrF2O. The number of halogens is 3. The molecule has 0 aromatic carbocycles. The van der Waals surface area contributed by atoms with Crippen LogP contribution < -0.4 is 0 Å². The van der Waals surface area contributed by atoms with E-state index in [9.17, 15) is 13.9 Å². The molecule has 0 fully saturated rings.